The number of benzene rings is 1. The van der Waals surface area contributed by atoms with Crippen molar-refractivity contribution in [2.45, 2.75) is 13.8 Å². The number of fused-ring (bicyclic) bond motifs is 1. The van der Waals surface area contributed by atoms with Gasteiger partial charge in [-0.25, -0.2) is 4.98 Å². The minimum absolute atomic E-state index is 0.426. The third-order valence-electron chi connectivity index (χ3n) is 2.71. The summed E-state index contributed by atoms with van der Waals surface area (Å²) in [6, 6.07) is 6.03. The lowest BCUT2D eigenvalue weighted by Gasteiger charge is -2.06. The highest BCUT2D eigenvalue weighted by Crippen LogP contribution is 2.23. The summed E-state index contributed by atoms with van der Waals surface area (Å²) in [5.74, 6) is 5.11. The number of nitrogens with two attached hydrogens (primary N) is 1. The van der Waals surface area contributed by atoms with Crippen molar-refractivity contribution in [3.8, 4) is 0 Å². The summed E-state index contributed by atoms with van der Waals surface area (Å²) in [5, 5.41) is 4.93. The first-order chi connectivity index (χ1) is 7.63. The molecule has 0 aliphatic carbocycles. The smallest absolute Gasteiger partial charge is 0.138 e. The number of nitrogens with zero attached hydrogens (tertiary/aromatic N) is 2. The number of hydrogen-bond acceptors (Lipinski definition) is 3. The summed E-state index contributed by atoms with van der Waals surface area (Å²) >= 11 is 6.05. The molecule has 2 N–H and O–H groups in total. The second-order valence-electron chi connectivity index (χ2n) is 3.73. The number of rotatable bonds is 1. The molecule has 0 atom stereocenters. The maximum atomic E-state index is 6.05. The Morgan fingerprint density at radius 3 is 2.81 bits per heavy atom. The van der Waals surface area contributed by atoms with Gasteiger partial charge in [-0.05, 0) is 31.0 Å². The van der Waals surface area contributed by atoms with Crippen LogP contribution in [0.15, 0.2) is 23.3 Å². The summed E-state index contributed by atoms with van der Waals surface area (Å²) in [7, 11) is 0. The van der Waals surface area contributed by atoms with Gasteiger partial charge in [0.25, 0.3) is 0 Å². The van der Waals surface area contributed by atoms with E-state index in [2.05, 4.69) is 23.1 Å². The highest BCUT2D eigenvalue weighted by Gasteiger charge is 2.06. The topological polar surface area (TPSA) is 51.3 Å². The Balaban J connectivity index is 2.78. The van der Waals surface area contributed by atoms with E-state index in [1.807, 2.05) is 19.1 Å². The predicted octanol–water partition coefficient (Wildman–Crippen LogP) is 2.80. The molecule has 16 heavy (non-hydrogen) atoms. The largest absolute Gasteiger partial charge is 0.323 e. The van der Waals surface area contributed by atoms with Gasteiger partial charge in [-0.1, -0.05) is 23.7 Å². The average molecular weight is 234 g/mol. The Bertz CT molecular complexity index is 576. The first-order valence-electron chi connectivity index (χ1n) is 4.93. The zero-order valence-corrected chi connectivity index (χ0v) is 9.92. The minimum Gasteiger partial charge on any atom is -0.323 e. The van der Waals surface area contributed by atoms with Gasteiger partial charge in [-0.15, -0.1) is 0 Å². The van der Waals surface area contributed by atoms with Crippen molar-refractivity contribution in [2.75, 3.05) is 0 Å². The summed E-state index contributed by atoms with van der Waals surface area (Å²) in [4.78, 5) is 4.37. The number of aryl methyl sites for hydroxylation is 2. The van der Waals surface area contributed by atoms with E-state index in [1.54, 1.807) is 0 Å². The molecule has 1 aromatic carbocycles. The summed E-state index contributed by atoms with van der Waals surface area (Å²) in [5.41, 5.74) is 4.02. The molecule has 1 heterocycles. The fraction of sp³-hybridized carbons (Fsp3) is 0.167. The average Bonchev–Trinajstić information content (AvgIpc) is 2.26. The first kappa shape index (κ1) is 10.9. The van der Waals surface area contributed by atoms with Crippen LogP contribution in [0, 0.1) is 13.8 Å². The molecule has 3 nitrogen and oxygen atoms in total. The lowest BCUT2D eigenvalue weighted by molar-refractivity contribution is 1.26. The van der Waals surface area contributed by atoms with E-state index in [4.69, 9.17) is 17.4 Å². The lowest BCUT2D eigenvalue weighted by atomic mass is 10.0. The maximum Gasteiger partial charge on any atom is 0.138 e. The molecule has 0 unspecified atom stereocenters. The van der Waals surface area contributed by atoms with Gasteiger partial charge in [0.05, 0.1) is 11.7 Å². The van der Waals surface area contributed by atoms with E-state index in [0.717, 1.165) is 22.0 Å². The molecule has 4 heteroatoms. The Morgan fingerprint density at radius 1 is 1.38 bits per heavy atom. The van der Waals surface area contributed by atoms with Gasteiger partial charge >= 0.3 is 0 Å². The SMILES string of the molecule is Cc1ccc2cc(/C=N/N)c(Cl)nc2c1C. The zero-order chi connectivity index (χ0) is 11.7. The van der Waals surface area contributed by atoms with Crippen molar-refractivity contribution in [1.29, 1.82) is 0 Å². The molecule has 0 fully saturated rings. The van der Waals surface area contributed by atoms with E-state index in [-0.39, 0.29) is 0 Å². The third kappa shape index (κ3) is 1.74. The molecule has 0 radical (unpaired) electrons. The predicted molar refractivity (Wildman–Crippen MR) is 68.0 cm³/mol. The van der Waals surface area contributed by atoms with Gasteiger partial charge in [0, 0.05) is 10.9 Å². The Hall–Kier alpha value is -1.61. The highest BCUT2D eigenvalue weighted by atomic mass is 35.5. The van der Waals surface area contributed by atoms with Crippen LogP contribution in [0.25, 0.3) is 10.9 Å². The molecule has 0 aliphatic rings. The molecule has 0 saturated heterocycles. The van der Waals surface area contributed by atoms with Crippen molar-refractivity contribution in [3.63, 3.8) is 0 Å². The molecule has 0 amide bonds. The van der Waals surface area contributed by atoms with Crippen molar-refractivity contribution >= 4 is 28.7 Å². The van der Waals surface area contributed by atoms with Crippen LogP contribution < -0.4 is 5.84 Å². The quantitative estimate of drug-likeness (QED) is 0.356. The third-order valence-corrected chi connectivity index (χ3v) is 3.01. The van der Waals surface area contributed by atoms with Gasteiger partial charge in [-0.2, -0.15) is 5.10 Å². The van der Waals surface area contributed by atoms with Crippen LogP contribution >= 0.6 is 11.6 Å². The maximum absolute atomic E-state index is 6.05. The van der Waals surface area contributed by atoms with E-state index in [0.29, 0.717) is 5.15 Å². The second kappa shape index (κ2) is 4.10. The molecule has 0 spiro atoms. The number of hydrogen-bond donors (Lipinski definition) is 1. The van der Waals surface area contributed by atoms with Gasteiger partial charge in [-0.3, -0.25) is 0 Å². The monoisotopic (exact) mass is 233 g/mol. The van der Waals surface area contributed by atoms with Gasteiger partial charge < -0.3 is 5.84 Å². The van der Waals surface area contributed by atoms with Crippen LogP contribution in [0.5, 0.6) is 0 Å². The number of halogens is 1. The van der Waals surface area contributed by atoms with Crippen LogP contribution in [0.3, 0.4) is 0 Å². The van der Waals surface area contributed by atoms with E-state index in [9.17, 15) is 0 Å². The van der Waals surface area contributed by atoms with E-state index >= 15 is 0 Å². The van der Waals surface area contributed by atoms with Gasteiger partial charge in [0.2, 0.25) is 0 Å². The fourth-order valence-electron chi connectivity index (χ4n) is 1.65. The van der Waals surface area contributed by atoms with E-state index in [1.165, 1.54) is 11.8 Å². The standard InChI is InChI=1S/C12H12ClN3/c1-7-3-4-9-5-10(6-15-14)12(13)16-11(9)8(7)2/h3-6H,14H2,1-2H3/b15-6+. The minimum atomic E-state index is 0.426. The van der Waals surface area contributed by atoms with Crippen molar-refractivity contribution in [3.05, 3.63) is 40.0 Å². The van der Waals surface area contributed by atoms with Gasteiger partial charge in [0.1, 0.15) is 5.15 Å². The molecular weight excluding hydrogens is 222 g/mol. The molecule has 1 aromatic heterocycles. The zero-order valence-electron chi connectivity index (χ0n) is 9.16. The summed E-state index contributed by atoms with van der Waals surface area (Å²) in [6.07, 6.45) is 1.50. The fourth-order valence-corrected chi connectivity index (χ4v) is 1.84. The van der Waals surface area contributed by atoms with Crippen LogP contribution in [0.2, 0.25) is 5.15 Å². The molecule has 82 valence electrons. The Morgan fingerprint density at radius 2 is 2.12 bits per heavy atom. The van der Waals surface area contributed by atoms with Crippen LogP contribution in [0.1, 0.15) is 16.7 Å². The first-order valence-corrected chi connectivity index (χ1v) is 5.31. The Labute approximate surface area is 98.9 Å². The normalized spacial score (nSPS) is 11.4. The van der Waals surface area contributed by atoms with Gasteiger partial charge in [0.15, 0.2) is 0 Å². The molecule has 0 aliphatic heterocycles. The van der Waals surface area contributed by atoms with Crippen LogP contribution in [-0.2, 0) is 0 Å². The number of pyridine rings is 1. The molecule has 2 rings (SSSR count). The van der Waals surface area contributed by atoms with Crippen molar-refractivity contribution in [1.82, 2.24) is 4.98 Å². The second-order valence-corrected chi connectivity index (χ2v) is 4.08. The molecule has 0 saturated carbocycles. The van der Waals surface area contributed by atoms with Crippen molar-refractivity contribution in [2.24, 2.45) is 10.9 Å². The summed E-state index contributed by atoms with van der Waals surface area (Å²) in [6.45, 7) is 4.09. The Kier molecular flexibility index (Phi) is 2.79. The number of aromatic nitrogens is 1. The molecule has 2 aromatic rings. The molecular formula is C12H12ClN3. The lowest BCUT2D eigenvalue weighted by Crippen LogP contribution is -1.94. The van der Waals surface area contributed by atoms with E-state index < -0.39 is 0 Å². The van der Waals surface area contributed by atoms with Crippen LogP contribution in [-0.4, -0.2) is 11.2 Å². The van der Waals surface area contributed by atoms with Crippen LogP contribution in [0.4, 0.5) is 0 Å². The number of hydrazone groups is 1. The summed E-state index contributed by atoms with van der Waals surface area (Å²) < 4.78 is 0. The highest BCUT2D eigenvalue weighted by molar-refractivity contribution is 6.32. The molecule has 0 bridgehead atoms. The van der Waals surface area contributed by atoms with Crippen molar-refractivity contribution < 1.29 is 0 Å².